The van der Waals surface area contributed by atoms with Gasteiger partial charge in [-0.05, 0) is 0 Å². The molecular formula is C18H19N2O2SSe. The average Bonchev–Trinajstić information content (AvgIpc) is 2.61. The molecule has 6 heteroatoms. The second-order valence-electron chi connectivity index (χ2n) is 5.12. The molecule has 0 aliphatic rings. The van der Waals surface area contributed by atoms with Crippen molar-refractivity contribution in [2.45, 2.75) is 18.4 Å². The van der Waals surface area contributed by atoms with Crippen LogP contribution in [0.25, 0.3) is 0 Å². The van der Waals surface area contributed by atoms with Gasteiger partial charge in [0.05, 0.1) is 0 Å². The van der Waals surface area contributed by atoms with Crippen molar-refractivity contribution in [3.05, 3.63) is 71.8 Å². The summed E-state index contributed by atoms with van der Waals surface area (Å²) in [6.45, 7) is 0.220. The van der Waals surface area contributed by atoms with E-state index in [1.54, 1.807) is 11.8 Å². The molecule has 125 valence electrons. The minimum absolute atomic E-state index is 0.220. The first-order chi connectivity index (χ1) is 11.6. The van der Waals surface area contributed by atoms with E-state index in [1.165, 1.54) is 5.56 Å². The number of ether oxygens (including phenoxy) is 1. The summed E-state index contributed by atoms with van der Waals surface area (Å²) < 4.78 is 5.50. The van der Waals surface area contributed by atoms with E-state index < -0.39 is 6.09 Å². The molecule has 0 spiro atoms. The summed E-state index contributed by atoms with van der Waals surface area (Å²) >= 11 is 4.34. The average molecular weight is 406 g/mol. The molecule has 4 nitrogen and oxygen atoms in total. The number of rotatable bonds is 8. The van der Waals surface area contributed by atoms with Crippen molar-refractivity contribution >= 4 is 38.5 Å². The third kappa shape index (κ3) is 6.79. The van der Waals surface area contributed by atoms with Gasteiger partial charge in [-0.1, -0.05) is 0 Å². The van der Waals surface area contributed by atoms with Crippen LogP contribution in [0.5, 0.6) is 0 Å². The van der Waals surface area contributed by atoms with Crippen molar-refractivity contribution in [2.24, 2.45) is 0 Å². The number of amides is 1. The predicted octanol–water partition coefficient (Wildman–Crippen LogP) is 3.36. The molecule has 2 rings (SSSR count). The summed E-state index contributed by atoms with van der Waals surface area (Å²) in [7, 11) is 0. The molecule has 0 saturated heterocycles. The SMILES string of the molecule is N=C([Se])[C@H](CSCc1ccccc1)NC(=O)OCc1ccccc1. The summed E-state index contributed by atoms with van der Waals surface area (Å²) in [5, 5.41) is 10.5. The molecule has 0 unspecified atom stereocenters. The van der Waals surface area contributed by atoms with E-state index in [9.17, 15) is 4.79 Å². The molecule has 1 atom stereocenters. The van der Waals surface area contributed by atoms with Crippen molar-refractivity contribution in [3.8, 4) is 0 Å². The van der Waals surface area contributed by atoms with Crippen molar-refractivity contribution in [1.82, 2.24) is 5.32 Å². The van der Waals surface area contributed by atoms with Gasteiger partial charge in [-0.25, -0.2) is 0 Å². The molecule has 2 aromatic carbocycles. The number of thioether (sulfide) groups is 1. The molecule has 0 aliphatic carbocycles. The third-order valence-electron chi connectivity index (χ3n) is 3.22. The van der Waals surface area contributed by atoms with Crippen LogP contribution < -0.4 is 5.32 Å². The van der Waals surface area contributed by atoms with E-state index >= 15 is 0 Å². The zero-order valence-electron chi connectivity index (χ0n) is 13.1. The number of hydrogen-bond acceptors (Lipinski definition) is 4. The summed E-state index contributed by atoms with van der Waals surface area (Å²) in [5.41, 5.74) is 2.15. The van der Waals surface area contributed by atoms with Gasteiger partial charge in [-0.3, -0.25) is 0 Å². The van der Waals surface area contributed by atoms with E-state index in [0.717, 1.165) is 11.3 Å². The van der Waals surface area contributed by atoms with Gasteiger partial charge in [0.25, 0.3) is 0 Å². The number of benzene rings is 2. The molecule has 24 heavy (non-hydrogen) atoms. The van der Waals surface area contributed by atoms with Crippen molar-refractivity contribution in [2.75, 3.05) is 5.75 Å². The number of carbonyl (C=O) groups excluding carboxylic acids is 1. The van der Waals surface area contributed by atoms with Crippen LogP contribution in [0.1, 0.15) is 11.1 Å². The maximum absolute atomic E-state index is 11.9. The van der Waals surface area contributed by atoms with Crippen molar-refractivity contribution in [3.63, 3.8) is 0 Å². The first-order valence-corrected chi connectivity index (χ1v) is 9.50. The Morgan fingerprint density at radius 2 is 1.67 bits per heavy atom. The molecule has 0 saturated carbocycles. The fraction of sp³-hybridized carbons (Fsp3) is 0.222. The quantitative estimate of drug-likeness (QED) is 0.522. The fourth-order valence-electron chi connectivity index (χ4n) is 1.96. The van der Waals surface area contributed by atoms with Crippen LogP contribution in [0, 0.1) is 5.41 Å². The summed E-state index contributed by atoms with van der Waals surface area (Å²) in [6.07, 6.45) is -0.510. The number of carbonyl (C=O) groups is 1. The molecular weight excluding hydrogens is 387 g/mol. The van der Waals surface area contributed by atoms with Crippen LogP contribution in [0.3, 0.4) is 0 Å². The van der Waals surface area contributed by atoms with E-state index in [1.807, 2.05) is 48.5 Å². The molecule has 2 N–H and O–H groups in total. The van der Waals surface area contributed by atoms with Crippen LogP contribution in [-0.2, 0) is 17.1 Å². The predicted molar refractivity (Wildman–Crippen MR) is 99.6 cm³/mol. The van der Waals surface area contributed by atoms with Crippen LogP contribution in [0.2, 0.25) is 0 Å². The Balaban J connectivity index is 1.75. The Morgan fingerprint density at radius 1 is 1.08 bits per heavy atom. The second kappa shape index (κ2) is 10.2. The molecule has 0 bridgehead atoms. The standard InChI is InChI=1S/C18H19N2O2SSe/c19-17(24)16(13-23-12-15-9-5-2-6-10-15)20-18(21)22-11-14-7-3-1-4-8-14/h1-10,16,19H,11-13H2,(H,20,21)/t16-/m0/s1. The zero-order valence-corrected chi connectivity index (χ0v) is 15.6. The van der Waals surface area contributed by atoms with Crippen LogP contribution in [-0.4, -0.2) is 38.5 Å². The van der Waals surface area contributed by atoms with Gasteiger partial charge in [0, 0.05) is 0 Å². The monoisotopic (exact) mass is 407 g/mol. The van der Waals surface area contributed by atoms with Crippen LogP contribution >= 0.6 is 11.8 Å². The zero-order chi connectivity index (χ0) is 17.2. The van der Waals surface area contributed by atoms with Gasteiger partial charge in [0.2, 0.25) is 0 Å². The van der Waals surface area contributed by atoms with E-state index in [4.69, 9.17) is 10.1 Å². The van der Waals surface area contributed by atoms with Gasteiger partial charge in [0.15, 0.2) is 0 Å². The molecule has 0 heterocycles. The van der Waals surface area contributed by atoms with Gasteiger partial charge in [0.1, 0.15) is 0 Å². The Morgan fingerprint density at radius 3 is 2.25 bits per heavy atom. The summed E-state index contributed by atoms with van der Waals surface area (Å²) in [6, 6.07) is 19.3. The Hall–Kier alpha value is -1.75. The van der Waals surface area contributed by atoms with Gasteiger partial charge in [-0.15, -0.1) is 0 Å². The molecule has 0 aliphatic heterocycles. The van der Waals surface area contributed by atoms with Gasteiger partial charge in [-0.2, -0.15) is 0 Å². The first kappa shape index (κ1) is 18.6. The Labute approximate surface area is 154 Å². The van der Waals surface area contributed by atoms with E-state index in [0.29, 0.717) is 10.4 Å². The Bertz CT molecular complexity index is 653. The Kier molecular flexibility index (Phi) is 7.89. The number of nitrogens with one attached hydrogen (secondary N) is 2. The van der Waals surface area contributed by atoms with E-state index in [-0.39, 0.29) is 12.6 Å². The molecule has 1 amide bonds. The topological polar surface area (TPSA) is 62.2 Å². The van der Waals surface area contributed by atoms with E-state index in [2.05, 4.69) is 33.5 Å². The van der Waals surface area contributed by atoms with Crippen LogP contribution in [0.4, 0.5) is 4.79 Å². The molecule has 0 fully saturated rings. The molecule has 1 radical (unpaired) electrons. The number of hydrogen-bond donors (Lipinski definition) is 2. The molecule has 2 aromatic rings. The fourth-order valence-corrected chi connectivity index (χ4v) is 3.53. The normalized spacial score (nSPS) is 11.5. The van der Waals surface area contributed by atoms with Gasteiger partial charge >= 0.3 is 155 Å². The second-order valence-corrected chi connectivity index (χ2v) is 7.08. The maximum atomic E-state index is 11.9. The summed E-state index contributed by atoms with van der Waals surface area (Å²) in [4.78, 5) is 11.9. The van der Waals surface area contributed by atoms with Crippen molar-refractivity contribution < 1.29 is 9.53 Å². The van der Waals surface area contributed by atoms with Gasteiger partial charge < -0.3 is 0 Å². The minimum atomic E-state index is -0.510. The molecule has 0 aromatic heterocycles. The number of alkyl carbamates (subject to hydrolysis) is 1. The first-order valence-electron chi connectivity index (χ1n) is 7.49. The van der Waals surface area contributed by atoms with Crippen molar-refractivity contribution in [1.29, 1.82) is 5.41 Å². The summed E-state index contributed by atoms with van der Waals surface area (Å²) in [5.74, 6) is 1.45. The third-order valence-corrected chi connectivity index (χ3v) is 4.92. The van der Waals surface area contributed by atoms with Crippen LogP contribution in [0.15, 0.2) is 60.7 Å².